The molecule has 0 radical (unpaired) electrons. The van der Waals surface area contributed by atoms with Gasteiger partial charge in [0.2, 0.25) is 0 Å². The lowest BCUT2D eigenvalue weighted by Crippen LogP contribution is -2.40. The topological polar surface area (TPSA) is 89.9 Å². The number of benzene rings is 1. The van der Waals surface area contributed by atoms with E-state index in [4.69, 9.17) is 10.2 Å². The van der Waals surface area contributed by atoms with Crippen LogP contribution in [0.4, 0.5) is 19.3 Å². The van der Waals surface area contributed by atoms with Gasteiger partial charge < -0.3 is 20.4 Å². The Labute approximate surface area is 127 Å². The number of amides is 2. The molecule has 0 saturated heterocycles. The number of anilines is 1. The van der Waals surface area contributed by atoms with Crippen molar-refractivity contribution in [2.45, 2.75) is 6.43 Å². The third-order valence-electron chi connectivity index (χ3n) is 2.46. The highest BCUT2D eigenvalue weighted by Gasteiger charge is 2.18. The van der Waals surface area contributed by atoms with E-state index in [0.717, 1.165) is 4.90 Å². The summed E-state index contributed by atoms with van der Waals surface area (Å²) in [6, 6.07) is 3.20. The molecule has 9 heteroatoms. The van der Waals surface area contributed by atoms with Crippen LogP contribution in [-0.2, 0) is 0 Å². The van der Waals surface area contributed by atoms with E-state index in [2.05, 4.69) is 21.2 Å². The smallest absolute Gasteiger partial charge is 0.336 e. The van der Waals surface area contributed by atoms with Gasteiger partial charge in [-0.05, 0) is 34.1 Å². The molecule has 1 aromatic rings. The third kappa shape index (κ3) is 5.27. The molecule has 6 nitrogen and oxygen atoms in total. The molecule has 0 saturated carbocycles. The number of carbonyl (C=O) groups is 2. The zero-order valence-corrected chi connectivity index (χ0v) is 12.3. The van der Waals surface area contributed by atoms with Gasteiger partial charge in [0, 0.05) is 16.7 Å². The minimum atomic E-state index is -2.73. The summed E-state index contributed by atoms with van der Waals surface area (Å²) in [6.45, 7) is -1.53. The zero-order valence-electron chi connectivity index (χ0n) is 10.7. The summed E-state index contributed by atoms with van der Waals surface area (Å²) in [5, 5.41) is 20.0. The molecule has 0 unspecified atom stereocenters. The highest BCUT2D eigenvalue weighted by Crippen LogP contribution is 2.21. The molecular formula is C12H13BrF2N2O4. The Morgan fingerprint density at radius 3 is 2.57 bits per heavy atom. The van der Waals surface area contributed by atoms with Crippen LogP contribution in [0.1, 0.15) is 10.4 Å². The lowest BCUT2D eigenvalue weighted by Gasteiger charge is -2.21. The Bertz CT molecular complexity index is 528. The summed E-state index contributed by atoms with van der Waals surface area (Å²) in [5.41, 5.74) is 0.0770. The monoisotopic (exact) mass is 366 g/mol. The largest absolute Gasteiger partial charge is 0.478 e. The van der Waals surface area contributed by atoms with Crippen molar-refractivity contribution < 1.29 is 28.6 Å². The fourth-order valence-electron chi connectivity index (χ4n) is 1.53. The van der Waals surface area contributed by atoms with Gasteiger partial charge in [-0.15, -0.1) is 0 Å². The molecule has 0 aliphatic heterocycles. The maximum absolute atomic E-state index is 12.3. The first-order chi connectivity index (χ1) is 9.85. The summed E-state index contributed by atoms with van der Waals surface area (Å²) in [6.07, 6.45) is -2.73. The summed E-state index contributed by atoms with van der Waals surface area (Å²) in [7, 11) is 0. The number of aliphatic hydroxyl groups is 1. The predicted octanol–water partition coefficient (Wildman–Crippen LogP) is 2.24. The van der Waals surface area contributed by atoms with E-state index in [-0.39, 0.29) is 17.8 Å². The molecule has 116 valence electrons. The molecule has 0 atom stereocenters. The second-order valence-corrected chi connectivity index (χ2v) is 4.84. The maximum Gasteiger partial charge on any atom is 0.336 e. The Morgan fingerprint density at radius 2 is 2.05 bits per heavy atom. The van der Waals surface area contributed by atoms with Crippen LogP contribution in [0.15, 0.2) is 22.7 Å². The number of carboxylic acids is 1. The van der Waals surface area contributed by atoms with Crippen LogP contribution in [0, 0.1) is 0 Å². The highest BCUT2D eigenvalue weighted by molar-refractivity contribution is 9.10. The molecule has 0 aliphatic rings. The molecule has 1 aromatic carbocycles. The predicted molar refractivity (Wildman–Crippen MR) is 74.8 cm³/mol. The molecule has 0 fully saturated rings. The van der Waals surface area contributed by atoms with Crippen molar-refractivity contribution >= 4 is 33.6 Å². The minimum absolute atomic E-state index is 0.0737. The van der Waals surface area contributed by atoms with Crippen molar-refractivity contribution in [1.82, 2.24) is 4.90 Å². The summed E-state index contributed by atoms with van der Waals surface area (Å²) in [5.74, 6) is -1.20. The average Bonchev–Trinajstić information content (AvgIpc) is 2.39. The summed E-state index contributed by atoms with van der Waals surface area (Å²) in [4.78, 5) is 23.5. The molecule has 3 N–H and O–H groups in total. The number of urea groups is 1. The van der Waals surface area contributed by atoms with Crippen LogP contribution in [0.5, 0.6) is 0 Å². The normalized spacial score (nSPS) is 10.5. The Hall–Kier alpha value is -1.74. The van der Waals surface area contributed by atoms with Gasteiger partial charge in [0.25, 0.3) is 6.43 Å². The zero-order chi connectivity index (χ0) is 16.0. The number of aliphatic hydroxyl groups excluding tert-OH is 1. The summed E-state index contributed by atoms with van der Waals surface area (Å²) < 4.78 is 25.0. The molecule has 0 aromatic heterocycles. The number of rotatable bonds is 6. The van der Waals surface area contributed by atoms with Crippen molar-refractivity contribution in [2.75, 3.05) is 25.0 Å². The van der Waals surface area contributed by atoms with Crippen LogP contribution >= 0.6 is 15.9 Å². The first-order valence-corrected chi connectivity index (χ1v) is 6.62. The fraction of sp³-hybridized carbons (Fsp3) is 0.333. The SMILES string of the molecule is O=C(O)c1cc(NC(=O)N(CCO)CC(F)F)ccc1Br. The molecular weight excluding hydrogens is 354 g/mol. The first-order valence-electron chi connectivity index (χ1n) is 5.83. The highest BCUT2D eigenvalue weighted by atomic mass is 79.9. The average molecular weight is 367 g/mol. The van der Waals surface area contributed by atoms with Crippen LogP contribution < -0.4 is 5.32 Å². The number of aromatic carboxylic acids is 1. The molecule has 0 aliphatic carbocycles. The van der Waals surface area contributed by atoms with E-state index >= 15 is 0 Å². The van der Waals surface area contributed by atoms with Gasteiger partial charge in [-0.3, -0.25) is 0 Å². The van der Waals surface area contributed by atoms with Crippen LogP contribution in [-0.4, -0.2) is 53.2 Å². The number of carboxylic acid groups (broad SMARTS) is 1. The van der Waals surface area contributed by atoms with Crippen molar-refractivity contribution in [3.63, 3.8) is 0 Å². The van der Waals surface area contributed by atoms with Gasteiger partial charge in [0.05, 0.1) is 18.7 Å². The van der Waals surface area contributed by atoms with Crippen molar-refractivity contribution in [1.29, 1.82) is 0 Å². The molecule has 0 bridgehead atoms. The maximum atomic E-state index is 12.3. The quantitative estimate of drug-likeness (QED) is 0.720. The van der Waals surface area contributed by atoms with E-state index in [1.54, 1.807) is 0 Å². The third-order valence-corrected chi connectivity index (χ3v) is 3.16. The van der Waals surface area contributed by atoms with Gasteiger partial charge in [-0.25, -0.2) is 18.4 Å². The molecule has 2 amide bonds. The fourth-order valence-corrected chi connectivity index (χ4v) is 1.95. The van der Waals surface area contributed by atoms with Gasteiger partial charge in [-0.1, -0.05) is 0 Å². The number of hydrogen-bond donors (Lipinski definition) is 3. The van der Waals surface area contributed by atoms with Crippen LogP contribution in [0.2, 0.25) is 0 Å². The first kappa shape index (κ1) is 17.3. The van der Waals surface area contributed by atoms with Gasteiger partial charge in [0.1, 0.15) is 0 Å². The Kier molecular flexibility index (Phi) is 6.50. The summed E-state index contributed by atoms with van der Waals surface area (Å²) >= 11 is 3.05. The molecule has 1 rings (SSSR count). The van der Waals surface area contributed by atoms with E-state index in [9.17, 15) is 18.4 Å². The second kappa shape index (κ2) is 7.89. The second-order valence-electron chi connectivity index (χ2n) is 3.99. The number of carbonyl (C=O) groups excluding carboxylic acids is 1. The van der Waals surface area contributed by atoms with Crippen molar-refractivity contribution in [3.8, 4) is 0 Å². The van der Waals surface area contributed by atoms with Gasteiger partial charge >= 0.3 is 12.0 Å². The van der Waals surface area contributed by atoms with E-state index in [1.165, 1.54) is 18.2 Å². The van der Waals surface area contributed by atoms with Crippen molar-refractivity contribution in [2.24, 2.45) is 0 Å². The Balaban J connectivity index is 2.85. The van der Waals surface area contributed by atoms with Crippen LogP contribution in [0.25, 0.3) is 0 Å². The van der Waals surface area contributed by atoms with E-state index in [1.807, 2.05) is 0 Å². The standard InChI is InChI=1S/C12H13BrF2N2O4/c13-9-2-1-7(5-8(9)11(19)20)16-12(21)17(3-4-18)6-10(14)15/h1-2,5,10,18H,3-4,6H2,(H,16,21)(H,19,20). The lowest BCUT2D eigenvalue weighted by atomic mass is 10.2. The number of nitrogens with zero attached hydrogens (tertiary/aromatic N) is 1. The Morgan fingerprint density at radius 1 is 1.38 bits per heavy atom. The van der Waals surface area contributed by atoms with Crippen LogP contribution in [0.3, 0.4) is 0 Å². The molecule has 21 heavy (non-hydrogen) atoms. The van der Waals surface area contributed by atoms with E-state index < -0.39 is 31.6 Å². The number of alkyl halides is 2. The van der Waals surface area contributed by atoms with Crippen molar-refractivity contribution in [3.05, 3.63) is 28.2 Å². The van der Waals surface area contributed by atoms with Gasteiger partial charge in [-0.2, -0.15) is 0 Å². The molecule has 0 heterocycles. The number of halogens is 3. The minimum Gasteiger partial charge on any atom is -0.478 e. The number of nitrogens with one attached hydrogen (secondary N) is 1. The van der Waals surface area contributed by atoms with Gasteiger partial charge in [0.15, 0.2) is 0 Å². The molecule has 0 spiro atoms. The number of hydrogen-bond acceptors (Lipinski definition) is 3. The lowest BCUT2D eigenvalue weighted by molar-refractivity contribution is 0.0696. The van der Waals surface area contributed by atoms with E-state index in [0.29, 0.717) is 4.47 Å².